The zero-order valence-corrected chi connectivity index (χ0v) is 15.0. The summed E-state index contributed by atoms with van der Waals surface area (Å²) in [6.45, 7) is 1.75. The average molecular weight is 394 g/mol. The van der Waals surface area contributed by atoms with E-state index in [4.69, 9.17) is 22.4 Å². The van der Waals surface area contributed by atoms with Gasteiger partial charge in [-0.25, -0.2) is 5.43 Å². The number of rotatable bonds is 6. The predicted octanol–water partition coefficient (Wildman–Crippen LogP) is 3.23. The number of benzene rings is 2. The maximum atomic E-state index is 13.8. The lowest BCUT2D eigenvalue weighted by Crippen LogP contribution is -2.50. The van der Waals surface area contributed by atoms with E-state index in [1.54, 1.807) is 31.2 Å². The quantitative estimate of drug-likeness (QED) is 0.100. The Balaban J connectivity index is 2.48. The summed E-state index contributed by atoms with van der Waals surface area (Å²) in [6, 6.07) is 8.83. The first-order valence-corrected chi connectivity index (χ1v) is 8.25. The molecule has 0 heterocycles. The van der Waals surface area contributed by atoms with Gasteiger partial charge in [0, 0.05) is 11.4 Å². The van der Waals surface area contributed by atoms with Gasteiger partial charge in [-0.3, -0.25) is 11.1 Å². The molecule has 0 saturated carbocycles. The number of nitrogen functional groups attached to an aromatic ring is 1. The normalized spacial score (nSPS) is 12.2. The van der Waals surface area contributed by atoms with Crippen molar-refractivity contribution in [3.05, 3.63) is 47.5 Å². The van der Waals surface area contributed by atoms with Gasteiger partial charge in [0.1, 0.15) is 0 Å². The smallest absolute Gasteiger partial charge is 0.399 e. The number of halogens is 3. The van der Waals surface area contributed by atoms with Crippen LogP contribution >= 0.6 is 0 Å². The number of nitrogens with one attached hydrogen (secondary N) is 5. The Morgan fingerprint density at radius 3 is 2.54 bits per heavy atom. The molecule has 0 amide bonds. The molecule has 0 aliphatic carbocycles. The van der Waals surface area contributed by atoms with Gasteiger partial charge in [0.25, 0.3) is 0 Å². The van der Waals surface area contributed by atoms with E-state index in [2.05, 4.69) is 15.9 Å². The molecule has 0 aliphatic heterocycles. The number of anilines is 2. The number of nitrogens with zero attached hydrogens (tertiary/aromatic N) is 1. The van der Waals surface area contributed by atoms with Gasteiger partial charge in [-0.05, 0) is 47.4 Å². The maximum Gasteiger partial charge on any atom is 0.417 e. The van der Waals surface area contributed by atoms with Crippen LogP contribution in [0.25, 0.3) is 11.1 Å². The van der Waals surface area contributed by atoms with E-state index in [0.717, 1.165) is 6.07 Å². The lowest BCUT2D eigenvalue weighted by atomic mass is 9.91. The fourth-order valence-corrected chi connectivity index (χ4v) is 2.78. The van der Waals surface area contributed by atoms with Gasteiger partial charge in [-0.15, -0.1) is 0 Å². The Kier molecular flexibility index (Phi) is 6.41. The molecule has 0 aromatic heterocycles. The van der Waals surface area contributed by atoms with Crippen molar-refractivity contribution < 1.29 is 13.2 Å². The first kappa shape index (κ1) is 21.0. The molecule has 150 valence electrons. The minimum absolute atomic E-state index is 0.0665. The second-order valence-corrected chi connectivity index (χ2v) is 5.90. The Hall–Kier alpha value is -3.34. The number of hydrogen-bond donors (Lipinski definition) is 7. The van der Waals surface area contributed by atoms with Crippen LogP contribution in [0.15, 0.2) is 41.6 Å². The molecule has 1 atom stereocenters. The number of nitrogens with two attached hydrogens (primary N) is 2. The Morgan fingerprint density at radius 2 is 1.96 bits per heavy atom. The second kappa shape index (κ2) is 8.57. The van der Waals surface area contributed by atoms with Gasteiger partial charge in [0.15, 0.2) is 6.29 Å². The van der Waals surface area contributed by atoms with Crippen LogP contribution in [0.5, 0.6) is 0 Å². The Morgan fingerprint density at radius 1 is 1.25 bits per heavy atom. The molecule has 28 heavy (non-hydrogen) atoms. The van der Waals surface area contributed by atoms with Crippen molar-refractivity contribution in [3.8, 4) is 11.1 Å². The van der Waals surface area contributed by atoms with E-state index < -0.39 is 18.0 Å². The monoisotopic (exact) mass is 394 g/mol. The van der Waals surface area contributed by atoms with Crippen molar-refractivity contribution in [2.45, 2.75) is 25.8 Å². The number of guanidine groups is 1. The van der Waals surface area contributed by atoms with Crippen molar-refractivity contribution in [1.82, 2.24) is 10.7 Å². The molecule has 0 fully saturated rings. The molecule has 0 spiro atoms. The van der Waals surface area contributed by atoms with Crippen molar-refractivity contribution in [1.29, 1.82) is 10.9 Å². The lowest BCUT2D eigenvalue weighted by Gasteiger charge is -2.22. The molecule has 0 aliphatic rings. The molecule has 0 saturated heterocycles. The third-order valence-electron chi connectivity index (χ3n) is 3.87. The molecule has 11 heteroatoms. The summed E-state index contributed by atoms with van der Waals surface area (Å²) in [4.78, 5) is 0. The molecule has 0 radical (unpaired) electrons. The zero-order chi connectivity index (χ0) is 20.9. The van der Waals surface area contributed by atoms with Crippen LogP contribution in [0.2, 0.25) is 0 Å². The van der Waals surface area contributed by atoms with Crippen LogP contribution in [0.1, 0.15) is 18.1 Å². The van der Waals surface area contributed by atoms with E-state index in [1.165, 1.54) is 6.07 Å². The summed E-state index contributed by atoms with van der Waals surface area (Å²) >= 11 is 0. The van der Waals surface area contributed by atoms with E-state index in [-0.39, 0.29) is 17.2 Å². The zero-order valence-electron chi connectivity index (χ0n) is 15.0. The molecule has 2 aromatic carbocycles. The van der Waals surface area contributed by atoms with Crippen LogP contribution in [-0.4, -0.2) is 12.2 Å². The van der Waals surface area contributed by atoms with Crippen molar-refractivity contribution in [3.63, 3.8) is 0 Å². The maximum absolute atomic E-state index is 13.8. The SMILES string of the molecule is CCc1cc(NC(N)NC(=N)NN=N)cc(C(F)(F)F)c1-c1cccc(N)c1. The molecule has 8 nitrogen and oxygen atoms in total. The third kappa shape index (κ3) is 5.10. The second-order valence-electron chi connectivity index (χ2n) is 5.90. The first-order chi connectivity index (χ1) is 13.2. The summed E-state index contributed by atoms with van der Waals surface area (Å²) in [5.74, 6) is -0.377. The number of hydrogen-bond acceptors (Lipinski definition) is 6. The first-order valence-electron chi connectivity index (χ1n) is 8.25. The van der Waals surface area contributed by atoms with Crippen molar-refractivity contribution in [2.75, 3.05) is 11.1 Å². The van der Waals surface area contributed by atoms with Crippen molar-refractivity contribution >= 4 is 17.3 Å². The fraction of sp³-hybridized carbons (Fsp3) is 0.235. The van der Waals surface area contributed by atoms with Crippen LogP contribution in [-0.2, 0) is 12.6 Å². The van der Waals surface area contributed by atoms with Crippen molar-refractivity contribution in [2.24, 2.45) is 11.0 Å². The van der Waals surface area contributed by atoms with E-state index in [9.17, 15) is 13.2 Å². The van der Waals surface area contributed by atoms with Gasteiger partial charge in [-0.2, -0.15) is 18.7 Å². The Labute approximate surface area is 159 Å². The van der Waals surface area contributed by atoms with E-state index >= 15 is 0 Å². The van der Waals surface area contributed by atoms with E-state index in [1.807, 2.05) is 5.43 Å². The van der Waals surface area contributed by atoms with Crippen LogP contribution in [0, 0.1) is 10.9 Å². The summed E-state index contributed by atoms with van der Waals surface area (Å²) in [7, 11) is 0. The largest absolute Gasteiger partial charge is 0.417 e. The summed E-state index contributed by atoms with van der Waals surface area (Å²) in [5.41, 5.74) is 20.7. The highest BCUT2D eigenvalue weighted by Crippen LogP contribution is 2.41. The molecule has 2 rings (SSSR count). The predicted molar refractivity (Wildman–Crippen MR) is 101 cm³/mol. The fourth-order valence-electron chi connectivity index (χ4n) is 2.78. The van der Waals surface area contributed by atoms with Gasteiger partial charge in [0.05, 0.1) is 5.56 Å². The van der Waals surface area contributed by atoms with Crippen LogP contribution < -0.4 is 27.5 Å². The molecule has 2 aromatic rings. The average Bonchev–Trinajstić information content (AvgIpc) is 2.60. The molecular weight excluding hydrogens is 373 g/mol. The number of alkyl halides is 3. The molecule has 1 unspecified atom stereocenters. The standard InChI is InChI=1S/C17H21F3N8/c1-2-9-7-12(25-15(22)26-16(23)27-28-24)8-13(17(18,19)20)14(9)10-4-3-5-11(21)6-10/h3-8,15,25H,2,21-22H2,1H3,(H4,23,24,26,27). The number of aryl methyl sites for hydroxylation is 1. The van der Waals surface area contributed by atoms with Gasteiger partial charge in [-0.1, -0.05) is 24.3 Å². The minimum atomic E-state index is -4.60. The van der Waals surface area contributed by atoms with Gasteiger partial charge >= 0.3 is 6.18 Å². The van der Waals surface area contributed by atoms with E-state index in [0.29, 0.717) is 23.2 Å². The molecule has 0 bridgehead atoms. The minimum Gasteiger partial charge on any atom is -0.399 e. The highest BCUT2D eigenvalue weighted by molar-refractivity contribution is 5.78. The van der Waals surface area contributed by atoms with Gasteiger partial charge < -0.3 is 16.4 Å². The molecule has 9 N–H and O–H groups in total. The lowest BCUT2D eigenvalue weighted by molar-refractivity contribution is -0.137. The van der Waals surface area contributed by atoms with Crippen LogP contribution in [0.3, 0.4) is 0 Å². The third-order valence-corrected chi connectivity index (χ3v) is 3.87. The molecular formula is C17H21F3N8. The summed E-state index contributed by atoms with van der Waals surface area (Å²) in [5, 5.41) is 15.3. The summed E-state index contributed by atoms with van der Waals surface area (Å²) < 4.78 is 41.4. The van der Waals surface area contributed by atoms with Crippen LogP contribution in [0.4, 0.5) is 24.5 Å². The van der Waals surface area contributed by atoms with Gasteiger partial charge in [0.2, 0.25) is 5.96 Å². The highest BCUT2D eigenvalue weighted by Gasteiger charge is 2.35. The Bertz CT molecular complexity index is 866. The highest BCUT2D eigenvalue weighted by atomic mass is 19.4. The topological polar surface area (TPSA) is 148 Å². The summed E-state index contributed by atoms with van der Waals surface area (Å²) in [6.07, 6.45) is -5.33.